The molecule has 1 amide bonds. The Morgan fingerprint density at radius 2 is 2.00 bits per heavy atom. The summed E-state index contributed by atoms with van der Waals surface area (Å²) in [6, 6.07) is 8.50. The highest BCUT2D eigenvalue weighted by molar-refractivity contribution is 5.94. The molecule has 0 spiro atoms. The molecule has 3 aliphatic rings. The van der Waals surface area contributed by atoms with Crippen LogP contribution in [-0.2, 0) is 0 Å². The molecular weight excluding hydrogens is 322 g/mol. The largest absolute Gasteiger partial charge is 0.366 e. The van der Waals surface area contributed by atoms with E-state index in [-0.39, 0.29) is 5.91 Å². The SMILES string of the molecule is CC[C@@H](c1ccccc1C(N)=O)C1[C@@H]2CC(n3cc(C4CC4)cn3)C[C@@H]12. The van der Waals surface area contributed by atoms with E-state index in [4.69, 9.17) is 5.73 Å². The summed E-state index contributed by atoms with van der Waals surface area (Å²) in [6.45, 7) is 2.24. The average molecular weight is 349 g/mol. The predicted molar refractivity (Wildman–Crippen MR) is 101 cm³/mol. The van der Waals surface area contributed by atoms with Crippen molar-refractivity contribution >= 4 is 5.91 Å². The van der Waals surface area contributed by atoms with E-state index >= 15 is 0 Å². The number of carbonyl (C=O) groups is 1. The second kappa shape index (κ2) is 5.97. The lowest BCUT2D eigenvalue weighted by molar-refractivity contribution is 0.0998. The zero-order chi connectivity index (χ0) is 17.8. The molecule has 3 fully saturated rings. The molecule has 5 rings (SSSR count). The first-order valence-corrected chi connectivity index (χ1v) is 10.1. The number of rotatable bonds is 6. The monoisotopic (exact) mass is 349 g/mol. The van der Waals surface area contributed by atoms with Crippen molar-refractivity contribution in [3.05, 3.63) is 53.3 Å². The van der Waals surface area contributed by atoms with Crippen LogP contribution in [0.2, 0.25) is 0 Å². The van der Waals surface area contributed by atoms with E-state index in [1.165, 1.54) is 31.2 Å². The zero-order valence-corrected chi connectivity index (χ0v) is 15.3. The highest BCUT2D eigenvalue weighted by atomic mass is 16.1. The third-order valence-electron chi connectivity index (χ3n) is 7.06. The van der Waals surface area contributed by atoms with Gasteiger partial charge in [0, 0.05) is 11.8 Å². The standard InChI is InChI=1S/C22H27N3O/c1-2-16(17-5-3-4-6-18(17)22(23)26)21-19-9-15(10-20(19)21)25-12-14(11-24-25)13-7-8-13/h3-6,11-13,15-16,19-21H,2,7-10H2,1H3,(H2,23,26)/t15?,16-,19+,20+,21?/m0/s1. The van der Waals surface area contributed by atoms with Crippen LogP contribution in [0.15, 0.2) is 36.7 Å². The van der Waals surface area contributed by atoms with Crippen LogP contribution in [-0.4, -0.2) is 15.7 Å². The lowest BCUT2D eigenvalue weighted by Crippen LogP contribution is -2.18. The maximum absolute atomic E-state index is 11.8. The van der Waals surface area contributed by atoms with Gasteiger partial charge in [0.25, 0.3) is 0 Å². The highest BCUT2D eigenvalue weighted by Crippen LogP contribution is 2.66. The smallest absolute Gasteiger partial charge is 0.248 e. The Labute approximate surface area is 154 Å². The normalized spacial score (nSPS) is 28.7. The van der Waals surface area contributed by atoms with Gasteiger partial charge in [0.15, 0.2) is 0 Å². The van der Waals surface area contributed by atoms with Gasteiger partial charge in [-0.2, -0.15) is 5.10 Å². The summed E-state index contributed by atoms with van der Waals surface area (Å²) in [4.78, 5) is 11.8. The molecule has 3 atom stereocenters. The molecule has 3 aliphatic carbocycles. The summed E-state index contributed by atoms with van der Waals surface area (Å²) in [5, 5.41) is 4.66. The van der Waals surface area contributed by atoms with Crippen molar-refractivity contribution in [1.29, 1.82) is 0 Å². The summed E-state index contributed by atoms with van der Waals surface area (Å²) in [5.41, 5.74) is 8.93. The van der Waals surface area contributed by atoms with Gasteiger partial charge in [0.05, 0.1) is 12.2 Å². The van der Waals surface area contributed by atoms with E-state index < -0.39 is 0 Å². The summed E-state index contributed by atoms with van der Waals surface area (Å²) in [5.74, 6) is 3.19. The zero-order valence-electron chi connectivity index (χ0n) is 15.3. The second-order valence-corrected chi connectivity index (χ2v) is 8.52. The first kappa shape index (κ1) is 16.1. The van der Waals surface area contributed by atoms with Crippen LogP contribution in [0.3, 0.4) is 0 Å². The number of hydrogen-bond donors (Lipinski definition) is 1. The number of primary amides is 1. The van der Waals surface area contributed by atoms with Crippen molar-refractivity contribution in [2.45, 2.75) is 56.9 Å². The molecule has 4 nitrogen and oxygen atoms in total. The fourth-order valence-electron chi connectivity index (χ4n) is 5.60. The number of nitrogens with zero attached hydrogens (tertiary/aromatic N) is 2. The van der Waals surface area contributed by atoms with Crippen LogP contribution in [0.5, 0.6) is 0 Å². The minimum absolute atomic E-state index is 0.299. The molecule has 0 aliphatic heterocycles. The Hall–Kier alpha value is -2.10. The second-order valence-electron chi connectivity index (χ2n) is 8.52. The van der Waals surface area contributed by atoms with E-state index in [9.17, 15) is 4.79 Å². The summed E-state index contributed by atoms with van der Waals surface area (Å²) < 4.78 is 2.23. The van der Waals surface area contributed by atoms with Crippen LogP contribution in [0, 0.1) is 17.8 Å². The number of nitrogens with two attached hydrogens (primary N) is 1. The fraction of sp³-hybridized carbons (Fsp3) is 0.545. The van der Waals surface area contributed by atoms with Crippen LogP contribution in [0.1, 0.15) is 78.4 Å². The molecule has 0 saturated heterocycles. The summed E-state index contributed by atoms with van der Waals surface area (Å²) in [6.07, 6.45) is 10.6. The maximum atomic E-state index is 11.8. The molecule has 2 N–H and O–H groups in total. The molecule has 136 valence electrons. The topological polar surface area (TPSA) is 60.9 Å². The Kier molecular flexibility index (Phi) is 3.70. The van der Waals surface area contributed by atoms with Crippen molar-refractivity contribution in [2.75, 3.05) is 0 Å². The van der Waals surface area contributed by atoms with Crippen molar-refractivity contribution in [1.82, 2.24) is 9.78 Å². The Morgan fingerprint density at radius 3 is 2.65 bits per heavy atom. The maximum Gasteiger partial charge on any atom is 0.248 e. The Balaban J connectivity index is 1.30. The Bertz CT molecular complexity index is 825. The Morgan fingerprint density at radius 1 is 1.27 bits per heavy atom. The van der Waals surface area contributed by atoms with Gasteiger partial charge in [0.2, 0.25) is 5.91 Å². The van der Waals surface area contributed by atoms with Crippen molar-refractivity contribution in [2.24, 2.45) is 23.5 Å². The molecule has 1 aromatic carbocycles. The number of carbonyl (C=O) groups excluding carboxylic acids is 1. The van der Waals surface area contributed by atoms with Gasteiger partial charge < -0.3 is 5.73 Å². The van der Waals surface area contributed by atoms with Gasteiger partial charge >= 0.3 is 0 Å². The average Bonchev–Trinajstić information content (AvgIpc) is 3.49. The van der Waals surface area contributed by atoms with E-state index in [1.807, 2.05) is 18.2 Å². The third kappa shape index (κ3) is 2.58. The van der Waals surface area contributed by atoms with E-state index in [0.717, 1.165) is 29.7 Å². The van der Waals surface area contributed by atoms with E-state index in [2.05, 4.69) is 35.2 Å². The van der Waals surface area contributed by atoms with Crippen LogP contribution in [0.4, 0.5) is 0 Å². The van der Waals surface area contributed by atoms with Gasteiger partial charge in [-0.25, -0.2) is 0 Å². The molecule has 1 aromatic heterocycles. The first-order valence-electron chi connectivity index (χ1n) is 10.1. The molecule has 1 heterocycles. The van der Waals surface area contributed by atoms with Gasteiger partial charge in [-0.15, -0.1) is 0 Å². The van der Waals surface area contributed by atoms with Crippen LogP contribution in [0.25, 0.3) is 0 Å². The fourth-order valence-corrected chi connectivity index (χ4v) is 5.60. The molecule has 4 heteroatoms. The van der Waals surface area contributed by atoms with Gasteiger partial charge in [0.1, 0.15) is 0 Å². The number of aromatic nitrogens is 2. The van der Waals surface area contributed by atoms with E-state index in [1.54, 1.807) is 0 Å². The van der Waals surface area contributed by atoms with Crippen LogP contribution < -0.4 is 5.73 Å². The lowest BCUT2D eigenvalue weighted by Gasteiger charge is -2.22. The summed E-state index contributed by atoms with van der Waals surface area (Å²) >= 11 is 0. The molecule has 3 saturated carbocycles. The van der Waals surface area contributed by atoms with Crippen LogP contribution >= 0.6 is 0 Å². The molecule has 0 radical (unpaired) electrons. The quantitative estimate of drug-likeness (QED) is 0.847. The molecule has 0 unspecified atom stereocenters. The summed E-state index contributed by atoms with van der Waals surface area (Å²) in [7, 11) is 0. The predicted octanol–water partition coefficient (Wildman–Crippen LogP) is 4.25. The van der Waals surface area contributed by atoms with Gasteiger partial charge in [-0.1, -0.05) is 25.1 Å². The number of amides is 1. The van der Waals surface area contributed by atoms with Crippen molar-refractivity contribution in [3.63, 3.8) is 0 Å². The van der Waals surface area contributed by atoms with Gasteiger partial charge in [-0.3, -0.25) is 9.48 Å². The number of fused-ring (bicyclic) bond motifs is 1. The molecule has 0 bridgehead atoms. The molecular formula is C22H27N3O. The highest BCUT2D eigenvalue weighted by Gasteiger charge is 2.59. The number of hydrogen-bond acceptors (Lipinski definition) is 2. The molecule has 26 heavy (non-hydrogen) atoms. The number of benzene rings is 1. The first-order chi connectivity index (χ1) is 12.7. The molecule has 2 aromatic rings. The lowest BCUT2D eigenvalue weighted by atomic mass is 9.84. The van der Waals surface area contributed by atoms with Crippen molar-refractivity contribution < 1.29 is 4.79 Å². The minimum Gasteiger partial charge on any atom is -0.366 e. The third-order valence-corrected chi connectivity index (χ3v) is 7.06. The minimum atomic E-state index is -0.299. The van der Waals surface area contributed by atoms with Crippen molar-refractivity contribution in [3.8, 4) is 0 Å². The van der Waals surface area contributed by atoms with Gasteiger partial charge in [-0.05, 0) is 78.9 Å². The van der Waals surface area contributed by atoms with E-state index in [0.29, 0.717) is 23.4 Å².